The van der Waals surface area contributed by atoms with E-state index in [9.17, 15) is 19.1 Å². The van der Waals surface area contributed by atoms with E-state index < -0.39 is 23.1 Å². The molecule has 0 bridgehead atoms. The van der Waals surface area contributed by atoms with Crippen LogP contribution in [-0.4, -0.2) is 23.5 Å². The standard InChI is InChI=1S/C14H16FNO3/c15-11-6-2-1-5-10(11)12(17)16-9-14(13(18)19)7-3-4-8-14/h1-2,5-6H,3-4,7-9H2,(H,16,17)(H,18,19). The zero-order chi connectivity index (χ0) is 13.9. The summed E-state index contributed by atoms with van der Waals surface area (Å²) in [5, 5.41) is 11.8. The lowest BCUT2D eigenvalue weighted by atomic mass is 9.86. The van der Waals surface area contributed by atoms with Crippen LogP contribution in [0.1, 0.15) is 36.0 Å². The monoisotopic (exact) mass is 265 g/mol. The maximum Gasteiger partial charge on any atom is 0.311 e. The molecule has 2 N–H and O–H groups in total. The predicted molar refractivity (Wildman–Crippen MR) is 67.3 cm³/mol. The van der Waals surface area contributed by atoms with E-state index in [1.165, 1.54) is 18.2 Å². The summed E-state index contributed by atoms with van der Waals surface area (Å²) >= 11 is 0. The highest BCUT2D eigenvalue weighted by Gasteiger charge is 2.41. The average molecular weight is 265 g/mol. The van der Waals surface area contributed by atoms with Crippen LogP contribution < -0.4 is 5.32 Å². The predicted octanol–water partition coefficient (Wildman–Crippen LogP) is 2.20. The molecular weight excluding hydrogens is 249 g/mol. The molecule has 1 aromatic carbocycles. The van der Waals surface area contributed by atoms with Gasteiger partial charge in [0.1, 0.15) is 5.82 Å². The molecular formula is C14H16FNO3. The summed E-state index contributed by atoms with van der Waals surface area (Å²) in [6.45, 7) is 0.0511. The Morgan fingerprint density at radius 3 is 2.47 bits per heavy atom. The number of amides is 1. The molecule has 0 heterocycles. The Morgan fingerprint density at radius 2 is 1.89 bits per heavy atom. The fourth-order valence-corrected chi connectivity index (χ4v) is 2.51. The van der Waals surface area contributed by atoms with Gasteiger partial charge in [0.25, 0.3) is 5.91 Å². The first kappa shape index (κ1) is 13.5. The molecule has 1 aromatic rings. The van der Waals surface area contributed by atoms with Crippen molar-refractivity contribution in [2.75, 3.05) is 6.54 Å². The molecule has 1 aliphatic carbocycles. The summed E-state index contributed by atoms with van der Waals surface area (Å²) < 4.78 is 13.4. The molecule has 102 valence electrons. The lowest BCUT2D eigenvalue weighted by Gasteiger charge is -2.23. The van der Waals surface area contributed by atoms with E-state index in [4.69, 9.17) is 0 Å². The van der Waals surface area contributed by atoms with Crippen molar-refractivity contribution in [1.29, 1.82) is 0 Å². The maximum atomic E-state index is 13.4. The molecule has 0 aromatic heterocycles. The largest absolute Gasteiger partial charge is 0.481 e. The van der Waals surface area contributed by atoms with E-state index in [1.54, 1.807) is 6.07 Å². The smallest absolute Gasteiger partial charge is 0.311 e. The van der Waals surface area contributed by atoms with E-state index in [-0.39, 0.29) is 12.1 Å². The molecule has 0 atom stereocenters. The lowest BCUT2D eigenvalue weighted by Crippen LogP contribution is -2.41. The van der Waals surface area contributed by atoms with Crippen LogP contribution in [0.15, 0.2) is 24.3 Å². The molecule has 1 aliphatic rings. The highest BCUT2D eigenvalue weighted by Crippen LogP contribution is 2.37. The van der Waals surface area contributed by atoms with Crippen molar-refractivity contribution in [2.24, 2.45) is 5.41 Å². The normalized spacial score (nSPS) is 17.1. The van der Waals surface area contributed by atoms with Gasteiger partial charge >= 0.3 is 5.97 Å². The first-order valence-corrected chi connectivity index (χ1v) is 6.31. The van der Waals surface area contributed by atoms with Gasteiger partial charge in [0.2, 0.25) is 0 Å². The number of rotatable bonds is 4. The fraction of sp³-hybridized carbons (Fsp3) is 0.429. The first-order chi connectivity index (χ1) is 9.05. The van der Waals surface area contributed by atoms with Gasteiger partial charge in [-0.05, 0) is 25.0 Å². The maximum absolute atomic E-state index is 13.4. The molecule has 4 nitrogen and oxygen atoms in total. The molecule has 1 amide bonds. The number of hydrogen-bond donors (Lipinski definition) is 2. The Balaban J connectivity index is 2.04. The van der Waals surface area contributed by atoms with Crippen LogP contribution in [0.2, 0.25) is 0 Å². The minimum Gasteiger partial charge on any atom is -0.481 e. The van der Waals surface area contributed by atoms with Gasteiger partial charge < -0.3 is 10.4 Å². The van der Waals surface area contributed by atoms with Gasteiger partial charge in [0, 0.05) is 6.54 Å². The molecule has 5 heteroatoms. The third-order valence-electron chi connectivity index (χ3n) is 3.72. The molecule has 0 radical (unpaired) electrons. The Kier molecular flexibility index (Phi) is 3.83. The summed E-state index contributed by atoms with van der Waals surface area (Å²) in [6.07, 6.45) is 2.81. The summed E-state index contributed by atoms with van der Waals surface area (Å²) in [5.41, 5.74) is -0.943. The minimum absolute atomic E-state index is 0.0511. The van der Waals surface area contributed by atoms with E-state index in [2.05, 4.69) is 5.32 Å². The van der Waals surface area contributed by atoms with Crippen LogP contribution in [0.4, 0.5) is 4.39 Å². The zero-order valence-electron chi connectivity index (χ0n) is 10.5. The van der Waals surface area contributed by atoms with E-state index in [0.717, 1.165) is 12.8 Å². The molecule has 1 fully saturated rings. The number of benzene rings is 1. The van der Waals surface area contributed by atoms with Gasteiger partial charge in [-0.1, -0.05) is 25.0 Å². The van der Waals surface area contributed by atoms with Crippen molar-refractivity contribution in [3.8, 4) is 0 Å². The highest BCUT2D eigenvalue weighted by atomic mass is 19.1. The second kappa shape index (κ2) is 5.38. The third-order valence-corrected chi connectivity index (χ3v) is 3.72. The topological polar surface area (TPSA) is 66.4 Å². The number of carboxylic acids is 1. The second-order valence-electron chi connectivity index (χ2n) is 4.96. The SMILES string of the molecule is O=C(NCC1(C(=O)O)CCCC1)c1ccccc1F. The van der Waals surface area contributed by atoms with Crippen LogP contribution in [0.5, 0.6) is 0 Å². The first-order valence-electron chi connectivity index (χ1n) is 6.31. The second-order valence-corrected chi connectivity index (χ2v) is 4.96. The number of carbonyl (C=O) groups is 2. The number of halogens is 1. The average Bonchev–Trinajstić information content (AvgIpc) is 2.86. The van der Waals surface area contributed by atoms with Gasteiger partial charge in [-0.15, -0.1) is 0 Å². The van der Waals surface area contributed by atoms with Gasteiger partial charge in [0.15, 0.2) is 0 Å². The molecule has 0 aliphatic heterocycles. The molecule has 0 saturated heterocycles. The number of carboxylic acid groups (broad SMARTS) is 1. The third kappa shape index (κ3) is 2.75. The highest BCUT2D eigenvalue weighted by molar-refractivity contribution is 5.94. The van der Waals surface area contributed by atoms with Crippen LogP contribution >= 0.6 is 0 Å². The molecule has 0 spiro atoms. The van der Waals surface area contributed by atoms with Crippen molar-refractivity contribution in [3.63, 3.8) is 0 Å². The van der Waals surface area contributed by atoms with Crippen LogP contribution in [-0.2, 0) is 4.79 Å². The quantitative estimate of drug-likeness (QED) is 0.877. The molecule has 0 unspecified atom stereocenters. The Morgan fingerprint density at radius 1 is 1.26 bits per heavy atom. The van der Waals surface area contributed by atoms with Crippen molar-refractivity contribution in [3.05, 3.63) is 35.6 Å². The van der Waals surface area contributed by atoms with Gasteiger partial charge in [-0.3, -0.25) is 9.59 Å². The molecule has 19 heavy (non-hydrogen) atoms. The van der Waals surface area contributed by atoms with Gasteiger partial charge in [-0.25, -0.2) is 4.39 Å². The zero-order valence-corrected chi connectivity index (χ0v) is 10.5. The molecule has 2 rings (SSSR count). The number of hydrogen-bond acceptors (Lipinski definition) is 2. The summed E-state index contributed by atoms with van der Waals surface area (Å²) in [6, 6.07) is 5.66. The summed E-state index contributed by atoms with van der Waals surface area (Å²) in [7, 11) is 0. The minimum atomic E-state index is -0.890. The molecule has 1 saturated carbocycles. The van der Waals surface area contributed by atoms with Crippen molar-refractivity contribution >= 4 is 11.9 Å². The van der Waals surface area contributed by atoms with Crippen molar-refractivity contribution in [1.82, 2.24) is 5.32 Å². The van der Waals surface area contributed by atoms with Crippen LogP contribution in [0, 0.1) is 11.2 Å². The van der Waals surface area contributed by atoms with E-state index >= 15 is 0 Å². The van der Waals surface area contributed by atoms with Gasteiger partial charge in [0.05, 0.1) is 11.0 Å². The number of aliphatic carboxylic acids is 1. The van der Waals surface area contributed by atoms with Crippen LogP contribution in [0.3, 0.4) is 0 Å². The van der Waals surface area contributed by atoms with Crippen LogP contribution in [0.25, 0.3) is 0 Å². The van der Waals surface area contributed by atoms with E-state index in [0.29, 0.717) is 12.8 Å². The van der Waals surface area contributed by atoms with Gasteiger partial charge in [-0.2, -0.15) is 0 Å². The van der Waals surface area contributed by atoms with Crippen molar-refractivity contribution in [2.45, 2.75) is 25.7 Å². The Bertz CT molecular complexity index is 495. The Labute approximate surface area is 110 Å². The Hall–Kier alpha value is -1.91. The summed E-state index contributed by atoms with van der Waals surface area (Å²) in [5.74, 6) is -2.06. The fourth-order valence-electron chi connectivity index (χ4n) is 2.51. The summed E-state index contributed by atoms with van der Waals surface area (Å²) in [4.78, 5) is 23.2. The number of nitrogens with one attached hydrogen (secondary N) is 1. The van der Waals surface area contributed by atoms with E-state index in [1.807, 2.05) is 0 Å². The number of carbonyl (C=O) groups excluding carboxylic acids is 1. The lowest BCUT2D eigenvalue weighted by molar-refractivity contribution is -0.148. The van der Waals surface area contributed by atoms with Crippen molar-refractivity contribution < 1.29 is 19.1 Å².